The largest absolute Gasteiger partial charge is 0.361 e. The molecule has 144 valence electrons. The smallest absolute Gasteiger partial charge is 0.274 e. The summed E-state index contributed by atoms with van der Waals surface area (Å²) in [4.78, 5) is 19.0. The van der Waals surface area contributed by atoms with Crippen LogP contribution < -0.4 is 0 Å². The van der Waals surface area contributed by atoms with E-state index in [0.717, 1.165) is 35.7 Å². The van der Waals surface area contributed by atoms with Gasteiger partial charge in [0.05, 0.1) is 12.0 Å². The van der Waals surface area contributed by atoms with Crippen molar-refractivity contribution >= 4 is 5.91 Å². The van der Waals surface area contributed by atoms with Gasteiger partial charge in [0, 0.05) is 36.8 Å². The highest BCUT2D eigenvalue weighted by molar-refractivity contribution is 5.92. The van der Waals surface area contributed by atoms with E-state index in [-0.39, 0.29) is 5.91 Å². The van der Waals surface area contributed by atoms with Gasteiger partial charge in [-0.3, -0.25) is 4.79 Å². The quantitative estimate of drug-likeness (QED) is 0.692. The number of hydrogen-bond acceptors (Lipinski definition) is 4. The third-order valence-electron chi connectivity index (χ3n) is 6.17. The molecule has 1 amide bonds. The zero-order chi connectivity index (χ0) is 19.4. The van der Waals surface area contributed by atoms with E-state index in [1.807, 2.05) is 40.8 Å². The Morgan fingerprint density at radius 1 is 1.18 bits per heavy atom. The monoisotopic (exact) mass is 376 g/mol. The highest BCUT2D eigenvalue weighted by atomic mass is 16.5. The molecule has 3 aromatic rings. The van der Waals surface area contributed by atoms with Gasteiger partial charge in [-0.25, -0.2) is 4.98 Å². The van der Waals surface area contributed by atoms with Gasteiger partial charge in [0.1, 0.15) is 11.5 Å². The Bertz CT molecular complexity index is 1010. The Balaban J connectivity index is 1.32. The fourth-order valence-corrected chi connectivity index (χ4v) is 4.56. The van der Waals surface area contributed by atoms with Crippen molar-refractivity contribution in [2.24, 2.45) is 11.8 Å². The van der Waals surface area contributed by atoms with Crippen LogP contribution in [-0.2, 0) is 0 Å². The summed E-state index contributed by atoms with van der Waals surface area (Å²) in [7, 11) is 0. The maximum Gasteiger partial charge on any atom is 0.274 e. The highest BCUT2D eigenvalue weighted by Crippen LogP contribution is 2.59. The Labute approximate surface area is 164 Å². The van der Waals surface area contributed by atoms with Crippen LogP contribution in [0.25, 0.3) is 11.1 Å². The van der Waals surface area contributed by atoms with Crippen molar-refractivity contribution in [3.8, 4) is 11.1 Å². The molecule has 1 unspecified atom stereocenters. The van der Waals surface area contributed by atoms with Gasteiger partial charge in [-0.05, 0) is 38.2 Å². The van der Waals surface area contributed by atoms with Crippen molar-refractivity contribution < 1.29 is 9.32 Å². The van der Waals surface area contributed by atoms with E-state index < -0.39 is 0 Å². The zero-order valence-electron chi connectivity index (χ0n) is 16.4. The third kappa shape index (κ3) is 2.66. The summed E-state index contributed by atoms with van der Waals surface area (Å²) in [5, 5.41) is 4.39. The molecule has 0 spiro atoms. The molecule has 1 aromatic carbocycles. The van der Waals surface area contributed by atoms with E-state index in [9.17, 15) is 4.79 Å². The van der Waals surface area contributed by atoms with Crippen molar-refractivity contribution in [1.82, 2.24) is 19.6 Å². The number of imidazole rings is 1. The first-order valence-electron chi connectivity index (χ1n) is 9.89. The maximum atomic E-state index is 12.8. The molecule has 0 bridgehead atoms. The van der Waals surface area contributed by atoms with Crippen LogP contribution in [0.5, 0.6) is 0 Å². The number of aromatic nitrogens is 3. The summed E-state index contributed by atoms with van der Waals surface area (Å²) < 4.78 is 7.51. The lowest BCUT2D eigenvalue weighted by Gasteiger charge is -2.18. The van der Waals surface area contributed by atoms with Crippen LogP contribution in [0, 0.1) is 18.8 Å². The molecule has 2 fully saturated rings. The number of aryl methyl sites for hydroxylation is 1. The molecule has 6 heteroatoms. The minimum atomic E-state index is 0.0324. The summed E-state index contributed by atoms with van der Waals surface area (Å²) in [6, 6.07) is 10.6. The molecule has 3 heterocycles. The summed E-state index contributed by atoms with van der Waals surface area (Å²) in [5.74, 6) is 2.19. The van der Waals surface area contributed by atoms with Crippen molar-refractivity contribution in [3.63, 3.8) is 0 Å². The lowest BCUT2D eigenvalue weighted by atomic mass is 10.00. The second-order valence-electron chi connectivity index (χ2n) is 8.23. The lowest BCUT2D eigenvalue weighted by molar-refractivity contribution is 0.0767. The van der Waals surface area contributed by atoms with Crippen LogP contribution >= 0.6 is 0 Å². The van der Waals surface area contributed by atoms with Crippen LogP contribution in [0.3, 0.4) is 0 Å². The van der Waals surface area contributed by atoms with Crippen molar-refractivity contribution in [1.29, 1.82) is 0 Å². The molecule has 1 aliphatic carbocycles. The Hall–Kier alpha value is -2.89. The van der Waals surface area contributed by atoms with Gasteiger partial charge in [-0.1, -0.05) is 35.5 Å². The highest BCUT2D eigenvalue weighted by Gasteiger charge is 2.59. The number of nitrogens with zero attached hydrogens (tertiary/aromatic N) is 4. The first-order chi connectivity index (χ1) is 13.5. The number of hydrogen-bond donors (Lipinski definition) is 0. The topological polar surface area (TPSA) is 64.2 Å². The molecule has 3 atom stereocenters. The van der Waals surface area contributed by atoms with E-state index in [1.165, 1.54) is 0 Å². The van der Waals surface area contributed by atoms with Gasteiger partial charge in [-0.15, -0.1) is 0 Å². The first kappa shape index (κ1) is 17.2. The van der Waals surface area contributed by atoms with Gasteiger partial charge in [0.15, 0.2) is 0 Å². The number of carbonyl (C=O) groups excluding carboxylic acids is 1. The Morgan fingerprint density at radius 2 is 1.89 bits per heavy atom. The Morgan fingerprint density at radius 3 is 2.54 bits per heavy atom. The molecule has 1 aliphatic heterocycles. The van der Waals surface area contributed by atoms with Gasteiger partial charge in [-0.2, -0.15) is 0 Å². The fraction of sp³-hybridized carbons (Fsp3) is 0.409. The number of benzene rings is 1. The van der Waals surface area contributed by atoms with Crippen molar-refractivity contribution in [2.45, 2.75) is 32.7 Å². The molecule has 1 saturated heterocycles. The van der Waals surface area contributed by atoms with Crippen LogP contribution in [-0.4, -0.2) is 38.6 Å². The first-order valence-corrected chi connectivity index (χ1v) is 9.89. The normalized spacial score (nSPS) is 23.3. The summed E-state index contributed by atoms with van der Waals surface area (Å²) in [6.45, 7) is 7.66. The average molecular weight is 376 g/mol. The summed E-state index contributed by atoms with van der Waals surface area (Å²) in [5.41, 5.74) is 3.85. The predicted molar refractivity (Wildman–Crippen MR) is 105 cm³/mol. The van der Waals surface area contributed by atoms with E-state index in [2.05, 4.69) is 36.1 Å². The third-order valence-corrected chi connectivity index (χ3v) is 6.17. The second kappa shape index (κ2) is 6.33. The molecule has 0 N–H and O–H groups in total. The maximum absolute atomic E-state index is 12.8. The van der Waals surface area contributed by atoms with Gasteiger partial charge >= 0.3 is 0 Å². The number of piperidine rings is 1. The van der Waals surface area contributed by atoms with Crippen molar-refractivity contribution in [2.75, 3.05) is 13.1 Å². The number of rotatable bonds is 4. The molecule has 2 aromatic heterocycles. The van der Waals surface area contributed by atoms with Gasteiger partial charge in [0.2, 0.25) is 0 Å². The Kier molecular flexibility index (Phi) is 3.89. The predicted octanol–water partition coefficient (Wildman–Crippen LogP) is 3.91. The minimum Gasteiger partial charge on any atom is -0.361 e. The average Bonchev–Trinajstić information content (AvgIpc) is 3.16. The summed E-state index contributed by atoms with van der Waals surface area (Å²) in [6.07, 6.45) is 3.59. The molecular weight excluding hydrogens is 352 g/mol. The molecule has 5 rings (SSSR count). The molecule has 0 radical (unpaired) electrons. The SMILES string of the molecule is Cc1onc(C2[C@H]3CN(C(=O)c4cn(C(C)C)cn4)C[C@@H]23)c1-c1ccccc1. The van der Waals surface area contributed by atoms with E-state index in [0.29, 0.717) is 29.5 Å². The van der Waals surface area contributed by atoms with Crippen LogP contribution in [0.2, 0.25) is 0 Å². The molecule has 2 aliphatic rings. The number of amides is 1. The van der Waals surface area contributed by atoms with E-state index in [1.54, 1.807) is 6.33 Å². The fourth-order valence-electron chi connectivity index (χ4n) is 4.56. The summed E-state index contributed by atoms with van der Waals surface area (Å²) >= 11 is 0. The van der Waals surface area contributed by atoms with Crippen LogP contribution in [0.1, 0.15) is 47.7 Å². The number of likely N-dealkylation sites (tertiary alicyclic amines) is 1. The van der Waals surface area contributed by atoms with E-state index >= 15 is 0 Å². The molecule has 28 heavy (non-hydrogen) atoms. The standard InChI is InChI=1S/C22H24N4O2/c1-13(2)26-11-18(23-12-26)22(27)25-9-16-17(10-25)20(16)21-19(14(3)28-24-21)15-7-5-4-6-8-15/h4-8,11-13,16-17,20H,9-10H2,1-3H3/t16-,17+,20?. The number of fused-ring (bicyclic) bond motifs is 1. The van der Waals surface area contributed by atoms with Gasteiger partial charge < -0.3 is 14.0 Å². The van der Waals surface area contributed by atoms with Crippen LogP contribution in [0.4, 0.5) is 0 Å². The number of carbonyl (C=O) groups is 1. The van der Waals surface area contributed by atoms with Crippen molar-refractivity contribution in [3.05, 3.63) is 60.0 Å². The lowest BCUT2D eigenvalue weighted by Crippen LogP contribution is -2.31. The van der Waals surface area contributed by atoms with Gasteiger partial charge in [0.25, 0.3) is 5.91 Å². The molecular formula is C22H24N4O2. The zero-order valence-corrected chi connectivity index (χ0v) is 16.4. The second-order valence-corrected chi connectivity index (χ2v) is 8.23. The van der Waals surface area contributed by atoms with E-state index in [4.69, 9.17) is 4.52 Å². The molecule has 6 nitrogen and oxygen atoms in total. The molecule has 1 saturated carbocycles. The minimum absolute atomic E-state index is 0.0324. The van der Waals surface area contributed by atoms with Crippen LogP contribution in [0.15, 0.2) is 47.4 Å².